The molecule has 7 nitrogen and oxygen atoms in total. The molecule has 26 heavy (non-hydrogen) atoms. The Hall–Kier alpha value is -2.28. The van der Waals surface area contributed by atoms with Crippen molar-refractivity contribution in [3.8, 4) is 0 Å². The van der Waals surface area contributed by atoms with Crippen molar-refractivity contribution >= 4 is 28.6 Å². The summed E-state index contributed by atoms with van der Waals surface area (Å²) in [5.41, 5.74) is -0.914. The number of fused-ring (bicyclic) bond motifs is 1. The van der Waals surface area contributed by atoms with Crippen molar-refractivity contribution in [2.75, 3.05) is 13.1 Å². The van der Waals surface area contributed by atoms with Crippen LogP contribution in [0.25, 0.3) is 10.9 Å². The van der Waals surface area contributed by atoms with E-state index in [-0.39, 0.29) is 12.1 Å². The van der Waals surface area contributed by atoms with Crippen molar-refractivity contribution in [2.45, 2.75) is 45.3 Å². The maximum absolute atomic E-state index is 12.4. The number of benzene rings is 1. The van der Waals surface area contributed by atoms with Crippen LogP contribution in [-0.4, -0.2) is 39.2 Å². The Morgan fingerprint density at radius 3 is 2.50 bits per heavy atom. The van der Waals surface area contributed by atoms with Crippen LogP contribution >= 0.6 is 11.6 Å². The predicted octanol–water partition coefficient (Wildman–Crippen LogP) is 2.92. The second kappa shape index (κ2) is 6.79. The third-order valence-electron chi connectivity index (χ3n) is 4.38. The van der Waals surface area contributed by atoms with Crippen LogP contribution in [0.15, 0.2) is 27.8 Å². The fraction of sp³-hybridized carbons (Fsp3) is 0.500. The molecule has 1 aliphatic heterocycles. The van der Waals surface area contributed by atoms with Crippen LogP contribution in [0.5, 0.6) is 0 Å². The first-order chi connectivity index (χ1) is 12.2. The van der Waals surface area contributed by atoms with Crippen molar-refractivity contribution in [3.63, 3.8) is 0 Å². The standard InChI is InChI=1S/C18H22ClN3O4/c1-18(2,3)26-17(25)21-8-6-12(7-9-21)22-14-10-11(19)4-5-13(14)15(23)20-16(22)24/h4-5,10,12H,6-9H2,1-3H3,(H,20,23,24). The van der Waals surface area contributed by atoms with Gasteiger partial charge in [-0.2, -0.15) is 0 Å². The van der Waals surface area contributed by atoms with Crippen molar-refractivity contribution in [3.05, 3.63) is 44.1 Å². The Bertz CT molecular complexity index is 950. The van der Waals surface area contributed by atoms with E-state index < -0.39 is 16.9 Å². The van der Waals surface area contributed by atoms with E-state index in [1.54, 1.807) is 27.7 Å². The number of aromatic nitrogens is 2. The average Bonchev–Trinajstić information content (AvgIpc) is 2.53. The zero-order valence-corrected chi connectivity index (χ0v) is 15.8. The number of hydrogen-bond acceptors (Lipinski definition) is 4. The smallest absolute Gasteiger partial charge is 0.410 e. The number of hydrogen-bond donors (Lipinski definition) is 1. The second-order valence-electron chi connectivity index (χ2n) is 7.49. The predicted molar refractivity (Wildman–Crippen MR) is 99.9 cm³/mol. The summed E-state index contributed by atoms with van der Waals surface area (Å²) in [6.45, 7) is 6.44. The average molecular weight is 380 g/mol. The number of carbonyl (C=O) groups is 1. The zero-order chi connectivity index (χ0) is 19.1. The van der Waals surface area contributed by atoms with E-state index >= 15 is 0 Å². The quantitative estimate of drug-likeness (QED) is 0.825. The second-order valence-corrected chi connectivity index (χ2v) is 7.93. The summed E-state index contributed by atoms with van der Waals surface area (Å²) in [5.74, 6) is 0. The molecule has 1 aromatic heterocycles. The number of halogens is 1. The van der Waals surface area contributed by atoms with Crippen LogP contribution in [-0.2, 0) is 4.74 Å². The normalized spacial score (nSPS) is 16.1. The van der Waals surface area contributed by atoms with Crippen LogP contribution in [0, 0.1) is 0 Å². The van der Waals surface area contributed by atoms with Gasteiger partial charge in [0.1, 0.15) is 5.60 Å². The van der Waals surface area contributed by atoms with E-state index in [1.165, 1.54) is 0 Å². The summed E-state index contributed by atoms with van der Waals surface area (Å²) in [6, 6.07) is 4.74. The zero-order valence-electron chi connectivity index (χ0n) is 15.0. The molecule has 1 fully saturated rings. The highest BCUT2D eigenvalue weighted by Gasteiger charge is 2.28. The highest BCUT2D eigenvalue weighted by molar-refractivity contribution is 6.31. The minimum atomic E-state index is -0.545. The number of likely N-dealkylation sites (tertiary alicyclic amines) is 1. The Morgan fingerprint density at radius 2 is 1.88 bits per heavy atom. The van der Waals surface area contributed by atoms with E-state index in [0.717, 1.165) is 0 Å². The molecule has 1 N–H and O–H groups in total. The Morgan fingerprint density at radius 1 is 1.23 bits per heavy atom. The molecular weight excluding hydrogens is 358 g/mol. The van der Waals surface area contributed by atoms with E-state index in [2.05, 4.69) is 4.98 Å². The van der Waals surface area contributed by atoms with Crippen LogP contribution < -0.4 is 11.2 Å². The maximum Gasteiger partial charge on any atom is 0.410 e. The van der Waals surface area contributed by atoms with Gasteiger partial charge in [0.15, 0.2) is 0 Å². The number of ether oxygens (including phenoxy) is 1. The third-order valence-corrected chi connectivity index (χ3v) is 4.62. The number of piperidine rings is 1. The molecule has 0 aliphatic carbocycles. The van der Waals surface area contributed by atoms with Crippen molar-refractivity contribution in [1.82, 2.24) is 14.5 Å². The molecule has 8 heteroatoms. The Kier molecular flexibility index (Phi) is 4.84. The molecular formula is C18H22ClN3O4. The largest absolute Gasteiger partial charge is 0.444 e. The molecule has 1 aliphatic rings. The summed E-state index contributed by atoms with van der Waals surface area (Å²) in [7, 11) is 0. The summed E-state index contributed by atoms with van der Waals surface area (Å²) in [4.78, 5) is 40.7. The SMILES string of the molecule is CC(C)(C)OC(=O)N1CCC(n2c(=O)[nH]c(=O)c3ccc(Cl)cc32)CC1. The molecule has 0 bridgehead atoms. The lowest BCUT2D eigenvalue weighted by Gasteiger charge is -2.34. The highest BCUT2D eigenvalue weighted by atomic mass is 35.5. The molecule has 0 unspecified atom stereocenters. The fourth-order valence-corrected chi connectivity index (χ4v) is 3.39. The van der Waals surface area contributed by atoms with Gasteiger partial charge in [0.2, 0.25) is 0 Å². The van der Waals surface area contributed by atoms with E-state index in [1.807, 2.05) is 20.8 Å². The molecule has 0 atom stereocenters. The van der Waals surface area contributed by atoms with Gasteiger partial charge in [-0.15, -0.1) is 0 Å². The molecule has 0 saturated carbocycles. The number of amides is 1. The number of rotatable bonds is 1. The molecule has 3 rings (SSSR count). The molecule has 2 aromatic rings. The summed E-state index contributed by atoms with van der Waals surface area (Å²) in [5, 5.41) is 0.881. The summed E-state index contributed by atoms with van der Waals surface area (Å²) >= 11 is 6.06. The van der Waals surface area contributed by atoms with Crippen molar-refractivity contribution in [1.29, 1.82) is 0 Å². The first-order valence-electron chi connectivity index (χ1n) is 8.58. The topological polar surface area (TPSA) is 84.4 Å². The lowest BCUT2D eigenvalue weighted by atomic mass is 10.0. The van der Waals surface area contributed by atoms with E-state index in [9.17, 15) is 14.4 Å². The molecule has 140 valence electrons. The Balaban J connectivity index is 1.86. The van der Waals surface area contributed by atoms with Gasteiger partial charge in [0.05, 0.1) is 10.9 Å². The fourth-order valence-electron chi connectivity index (χ4n) is 3.23. The van der Waals surface area contributed by atoms with Crippen molar-refractivity contribution < 1.29 is 9.53 Å². The van der Waals surface area contributed by atoms with Gasteiger partial charge in [0, 0.05) is 24.2 Å². The molecule has 0 spiro atoms. The van der Waals surface area contributed by atoms with Gasteiger partial charge < -0.3 is 9.64 Å². The number of carbonyl (C=O) groups excluding carboxylic acids is 1. The van der Waals surface area contributed by atoms with Crippen LogP contribution in [0.1, 0.15) is 39.7 Å². The van der Waals surface area contributed by atoms with E-state index in [0.29, 0.717) is 41.9 Å². The number of nitrogens with zero attached hydrogens (tertiary/aromatic N) is 2. The monoisotopic (exact) mass is 379 g/mol. The molecule has 1 amide bonds. The van der Waals surface area contributed by atoms with Gasteiger partial charge in [-0.25, -0.2) is 9.59 Å². The van der Waals surface area contributed by atoms with Crippen LogP contribution in [0.4, 0.5) is 4.79 Å². The first-order valence-corrected chi connectivity index (χ1v) is 8.95. The van der Waals surface area contributed by atoms with Gasteiger partial charge in [-0.3, -0.25) is 14.3 Å². The minimum absolute atomic E-state index is 0.126. The van der Waals surface area contributed by atoms with Gasteiger partial charge in [-0.1, -0.05) is 11.6 Å². The maximum atomic E-state index is 12.4. The number of H-pyrrole nitrogens is 1. The highest BCUT2D eigenvalue weighted by Crippen LogP contribution is 2.26. The van der Waals surface area contributed by atoms with Gasteiger partial charge in [-0.05, 0) is 51.8 Å². The van der Waals surface area contributed by atoms with Crippen LogP contribution in [0.2, 0.25) is 5.02 Å². The van der Waals surface area contributed by atoms with E-state index in [4.69, 9.17) is 16.3 Å². The molecule has 1 saturated heterocycles. The lowest BCUT2D eigenvalue weighted by molar-refractivity contribution is 0.0188. The minimum Gasteiger partial charge on any atom is -0.444 e. The first kappa shape index (κ1) is 18.5. The van der Waals surface area contributed by atoms with Gasteiger partial charge >= 0.3 is 11.8 Å². The summed E-state index contributed by atoms with van der Waals surface area (Å²) in [6.07, 6.45) is 0.831. The molecule has 1 aromatic carbocycles. The van der Waals surface area contributed by atoms with Crippen LogP contribution in [0.3, 0.4) is 0 Å². The Labute approximate surface area is 155 Å². The van der Waals surface area contributed by atoms with Gasteiger partial charge in [0.25, 0.3) is 5.56 Å². The lowest BCUT2D eigenvalue weighted by Crippen LogP contribution is -2.44. The number of nitrogens with one attached hydrogen (secondary N) is 1. The molecule has 0 radical (unpaired) electrons. The van der Waals surface area contributed by atoms with Crippen molar-refractivity contribution in [2.24, 2.45) is 0 Å². The third kappa shape index (κ3) is 3.77. The number of aromatic amines is 1. The molecule has 2 heterocycles. The summed E-state index contributed by atoms with van der Waals surface area (Å²) < 4.78 is 6.98.